The number of hydrogen-bond donors (Lipinski definition) is 2. The van der Waals surface area contributed by atoms with Crippen molar-refractivity contribution in [1.29, 1.82) is 0 Å². The van der Waals surface area contributed by atoms with E-state index in [1.165, 1.54) is 0 Å². The number of aliphatic hydroxyl groups is 1. The van der Waals surface area contributed by atoms with Gasteiger partial charge in [-0.25, -0.2) is 13.1 Å². The molecule has 0 saturated heterocycles. The summed E-state index contributed by atoms with van der Waals surface area (Å²) in [5, 5.41) is 9.04. The van der Waals surface area contributed by atoms with Crippen molar-refractivity contribution in [1.82, 2.24) is 9.62 Å². The normalized spacial score (nSPS) is 12.3. The second-order valence-corrected chi connectivity index (χ2v) is 7.01. The van der Waals surface area contributed by atoms with E-state index < -0.39 is 10.0 Å². The number of aliphatic hydroxyl groups excluding tert-OH is 1. The van der Waals surface area contributed by atoms with Crippen molar-refractivity contribution in [3.63, 3.8) is 0 Å². The van der Waals surface area contributed by atoms with Crippen LogP contribution in [-0.2, 0) is 22.4 Å². The van der Waals surface area contributed by atoms with E-state index in [2.05, 4.69) is 23.5 Å². The molecule has 0 spiro atoms. The zero-order valence-electron chi connectivity index (χ0n) is 12.3. The first-order chi connectivity index (χ1) is 9.34. The van der Waals surface area contributed by atoms with Gasteiger partial charge < -0.3 is 10.0 Å². The number of rotatable bonds is 8. The Bertz CT molecular complexity index is 515. The summed E-state index contributed by atoms with van der Waals surface area (Å²) in [6.07, 6.45) is 0. The summed E-state index contributed by atoms with van der Waals surface area (Å²) < 4.78 is 26.5. The molecular weight excluding hydrogens is 276 g/mol. The molecule has 0 bridgehead atoms. The lowest BCUT2D eigenvalue weighted by molar-refractivity contribution is 0.278. The SMILES string of the molecule is CC(C)N(C)CCNS(=O)(=O)Cc1cccc(CO)c1. The lowest BCUT2D eigenvalue weighted by Crippen LogP contribution is -2.36. The van der Waals surface area contributed by atoms with Crippen LogP contribution in [0.3, 0.4) is 0 Å². The maximum absolute atomic E-state index is 12.0. The number of hydrogen-bond acceptors (Lipinski definition) is 4. The van der Waals surface area contributed by atoms with Crippen molar-refractivity contribution in [3.8, 4) is 0 Å². The first kappa shape index (κ1) is 17.1. The third-order valence-electron chi connectivity index (χ3n) is 3.20. The minimum absolute atomic E-state index is 0.0633. The van der Waals surface area contributed by atoms with Gasteiger partial charge in [-0.1, -0.05) is 24.3 Å². The van der Waals surface area contributed by atoms with E-state index in [1.54, 1.807) is 24.3 Å². The van der Waals surface area contributed by atoms with Crippen LogP contribution in [0.4, 0.5) is 0 Å². The number of nitrogens with one attached hydrogen (secondary N) is 1. The molecular formula is C14H24N2O3S. The quantitative estimate of drug-likeness (QED) is 0.749. The topological polar surface area (TPSA) is 69.6 Å². The highest BCUT2D eigenvalue weighted by atomic mass is 32.2. The van der Waals surface area contributed by atoms with Crippen LogP contribution >= 0.6 is 0 Å². The van der Waals surface area contributed by atoms with Gasteiger partial charge in [0.05, 0.1) is 12.4 Å². The predicted octanol–water partition coefficient (Wildman–Crippen LogP) is 0.938. The zero-order chi connectivity index (χ0) is 15.2. The highest BCUT2D eigenvalue weighted by Gasteiger charge is 2.12. The van der Waals surface area contributed by atoms with E-state index in [0.717, 1.165) is 5.56 Å². The molecule has 1 aromatic rings. The molecule has 1 rings (SSSR count). The first-order valence-corrected chi connectivity index (χ1v) is 8.35. The smallest absolute Gasteiger partial charge is 0.215 e. The molecule has 0 aliphatic carbocycles. The Morgan fingerprint density at radius 3 is 2.55 bits per heavy atom. The summed E-state index contributed by atoms with van der Waals surface area (Å²) in [5.41, 5.74) is 1.40. The van der Waals surface area contributed by atoms with Crippen LogP contribution in [0.1, 0.15) is 25.0 Å². The van der Waals surface area contributed by atoms with Gasteiger partial charge in [0.2, 0.25) is 10.0 Å². The van der Waals surface area contributed by atoms with E-state index in [0.29, 0.717) is 24.7 Å². The standard InChI is InChI=1S/C14H24N2O3S/c1-12(2)16(3)8-7-15-20(18,19)11-14-6-4-5-13(9-14)10-17/h4-6,9,12,15,17H,7-8,10-11H2,1-3H3. The maximum atomic E-state index is 12.0. The van der Waals surface area contributed by atoms with Crippen molar-refractivity contribution < 1.29 is 13.5 Å². The maximum Gasteiger partial charge on any atom is 0.215 e. The van der Waals surface area contributed by atoms with E-state index in [4.69, 9.17) is 5.11 Å². The molecule has 0 atom stereocenters. The van der Waals surface area contributed by atoms with Crippen LogP contribution in [0.25, 0.3) is 0 Å². The molecule has 114 valence electrons. The van der Waals surface area contributed by atoms with Gasteiger partial charge in [-0.3, -0.25) is 0 Å². The van der Waals surface area contributed by atoms with E-state index in [1.807, 2.05) is 7.05 Å². The molecule has 0 fully saturated rings. The van der Waals surface area contributed by atoms with Crippen LogP contribution in [0, 0.1) is 0 Å². The zero-order valence-corrected chi connectivity index (χ0v) is 13.2. The Morgan fingerprint density at radius 1 is 1.30 bits per heavy atom. The van der Waals surface area contributed by atoms with Crippen molar-refractivity contribution in [2.24, 2.45) is 0 Å². The molecule has 20 heavy (non-hydrogen) atoms. The fourth-order valence-electron chi connectivity index (χ4n) is 1.72. The number of nitrogens with zero attached hydrogens (tertiary/aromatic N) is 1. The molecule has 0 saturated carbocycles. The summed E-state index contributed by atoms with van der Waals surface area (Å²) in [6, 6.07) is 7.36. The van der Waals surface area contributed by atoms with Gasteiger partial charge in [-0.2, -0.15) is 0 Å². The lowest BCUT2D eigenvalue weighted by Gasteiger charge is -2.20. The fourth-order valence-corrected chi connectivity index (χ4v) is 2.85. The molecule has 0 radical (unpaired) electrons. The molecule has 0 aromatic heterocycles. The molecule has 1 aromatic carbocycles. The van der Waals surface area contributed by atoms with Crippen LogP contribution < -0.4 is 4.72 Å². The fraction of sp³-hybridized carbons (Fsp3) is 0.571. The molecule has 0 amide bonds. The van der Waals surface area contributed by atoms with Crippen molar-refractivity contribution in [2.45, 2.75) is 32.2 Å². The number of sulfonamides is 1. The molecule has 0 heterocycles. The highest BCUT2D eigenvalue weighted by molar-refractivity contribution is 7.88. The van der Waals surface area contributed by atoms with Gasteiger partial charge in [0.1, 0.15) is 0 Å². The van der Waals surface area contributed by atoms with Crippen molar-refractivity contribution in [3.05, 3.63) is 35.4 Å². The first-order valence-electron chi connectivity index (χ1n) is 6.70. The van der Waals surface area contributed by atoms with Crippen LogP contribution in [0.5, 0.6) is 0 Å². The molecule has 0 aliphatic rings. The van der Waals surface area contributed by atoms with Gasteiger partial charge in [-0.05, 0) is 32.0 Å². The Kier molecular flexibility index (Phi) is 6.61. The monoisotopic (exact) mass is 300 g/mol. The third kappa shape index (κ3) is 6.00. The Morgan fingerprint density at radius 2 is 1.95 bits per heavy atom. The average molecular weight is 300 g/mol. The van der Waals surface area contributed by atoms with Crippen molar-refractivity contribution >= 4 is 10.0 Å². The lowest BCUT2D eigenvalue weighted by atomic mass is 10.1. The Balaban J connectivity index is 2.52. The highest BCUT2D eigenvalue weighted by Crippen LogP contribution is 2.08. The molecule has 0 aliphatic heterocycles. The van der Waals surface area contributed by atoms with Crippen molar-refractivity contribution in [2.75, 3.05) is 20.1 Å². The summed E-state index contributed by atoms with van der Waals surface area (Å²) >= 11 is 0. The predicted molar refractivity (Wildman–Crippen MR) is 80.8 cm³/mol. The summed E-state index contributed by atoms with van der Waals surface area (Å²) in [4.78, 5) is 2.08. The summed E-state index contributed by atoms with van der Waals surface area (Å²) in [5.74, 6) is -0.0633. The minimum atomic E-state index is -3.34. The van der Waals surface area contributed by atoms with Crippen LogP contribution in [0.2, 0.25) is 0 Å². The van der Waals surface area contributed by atoms with E-state index >= 15 is 0 Å². The van der Waals surface area contributed by atoms with Crippen LogP contribution in [-0.4, -0.2) is 44.6 Å². The van der Waals surface area contributed by atoms with Gasteiger partial charge in [0.25, 0.3) is 0 Å². The Hall–Kier alpha value is -0.950. The number of benzene rings is 1. The molecule has 5 nitrogen and oxygen atoms in total. The molecule has 6 heteroatoms. The average Bonchev–Trinajstić information content (AvgIpc) is 2.37. The van der Waals surface area contributed by atoms with Gasteiger partial charge in [0.15, 0.2) is 0 Å². The van der Waals surface area contributed by atoms with Gasteiger partial charge in [-0.15, -0.1) is 0 Å². The van der Waals surface area contributed by atoms with Gasteiger partial charge >= 0.3 is 0 Å². The molecule has 2 N–H and O–H groups in total. The number of likely N-dealkylation sites (N-methyl/N-ethyl adjacent to an activating group) is 1. The summed E-state index contributed by atoms with van der Waals surface area (Å²) in [6.45, 7) is 5.12. The van der Waals surface area contributed by atoms with E-state index in [-0.39, 0.29) is 12.4 Å². The van der Waals surface area contributed by atoms with Crippen LogP contribution in [0.15, 0.2) is 24.3 Å². The third-order valence-corrected chi connectivity index (χ3v) is 4.56. The Labute approximate surface area is 121 Å². The minimum Gasteiger partial charge on any atom is -0.392 e. The molecule has 0 unspecified atom stereocenters. The summed E-state index contributed by atoms with van der Waals surface area (Å²) in [7, 11) is -1.38. The largest absolute Gasteiger partial charge is 0.392 e. The second kappa shape index (κ2) is 7.73. The van der Waals surface area contributed by atoms with Gasteiger partial charge in [0, 0.05) is 19.1 Å². The second-order valence-electron chi connectivity index (χ2n) is 5.21. The van der Waals surface area contributed by atoms with E-state index in [9.17, 15) is 8.42 Å².